The second-order valence-electron chi connectivity index (χ2n) is 5.05. The molecule has 6 nitrogen and oxygen atoms in total. The largest absolute Gasteiger partial charge is 0.466 e. The lowest BCUT2D eigenvalue weighted by molar-refractivity contribution is -0.203. The molecule has 0 amide bonds. The van der Waals surface area contributed by atoms with Crippen molar-refractivity contribution in [3.8, 4) is 0 Å². The summed E-state index contributed by atoms with van der Waals surface area (Å²) in [7, 11) is 0. The lowest BCUT2D eigenvalue weighted by Crippen LogP contribution is -2.43. The van der Waals surface area contributed by atoms with E-state index in [1.54, 1.807) is 13.8 Å². The van der Waals surface area contributed by atoms with Gasteiger partial charge in [-0.05, 0) is 26.2 Å². The van der Waals surface area contributed by atoms with Gasteiger partial charge in [0, 0.05) is 12.8 Å². The van der Waals surface area contributed by atoms with Gasteiger partial charge in [0.2, 0.25) is 0 Å². The van der Waals surface area contributed by atoms with Gasteiger partial charge in [-0.3, -0.25) is 9.59 Å². The Hall–Kier alpha value is -1.14. The van der Waals surface area contributed by atoms with Gasteiger partial charge in [0.05, 0.1) is 26.4 Å². The van der Waals surface area contributed by atoms with E-state index in [0.717, 1.165) is 0 Å². The molecule has 0 aromatic carbocycles. The summed E-state index contributed by atoms with van der Waals surface area (Å²) in [5.74, 6) is -2.23. The molecule has 20 heavy (non-hydrogen) atoms. The van der Waals surface area contributed by atoms with Crippen LogP contribution in [0, 0.1) is 11.8 Å². The smallest absolute Gasteiger partial charge is 0.314 e. The summed E-state index contributed by atoms with van der Waals surface area (Å²) >= 11 is 0. The van der Waals surface area contributed by atoms with Crippen LogP contribution >= 0.6 is 0 Å². The fraction of sp³-hybridized carbons (Fsp3) is 0.857. The SMILES string of the molecule is CCOC(=O)C[C@H]1CCC2(OCCO2)[C@@H]1C(=O)OCC. The summed E-state index contributed by atoms with van der Waals surface area (Å²) in [6.07, 6.45) is 1.51. The van der Waals surface area contributed by atoms with Crippen molar-refractivity contribution in [1.29, 1.82) is 0 Å². The highest BCUT2D eigenvalue weighted by molar-refractivity contribution is 5.77. The molecule has 0 radical (unpaired) electrons. The molecule has 0 unspecified atom stereocenters. The highest BCUT2D eigenvalue weighted by atomic mass is 16.7. The Morgan fingerprint density at radius 1 is 1.15 bits per heavy atom. The zero-order valence-electron chi connectivity index (χ0n) is 12.1. The van der Waals surface area contributed by atoms with E-state index < -0.39 is 11.7 Å². The standard InChI is InChI=1S/C14H22O6/c1-3-17-11(15)9-10-5-6-14(19-7-8-20-14)12(10)13(16)18-4-2/h10,12H,3-9H2,1-2H3/t10-,12+/m1/s1. The van der Waals surface area contributed by atoms with Crippen molar-refractivity contribution in [2.45, 2.75) is 38.9 Å². The highest BCUT2D eigenvalue weighted by Crippen LogP contribution is 2.47. The van der Waals surface area contributed by atoms with Crippen molar-refractivity contribution in [1.82, 2.24) is 0 Å². The minimum Gasteiger partial charge on any atom is -0.466 e. The van der Waals surface area contributed by atoms with E-state index in [-0.39, 0.29) is 24.3 Å². The Labute approximate surface area is 118 Å². The normalized spacial score (nSPS) is 27.7. The third-order valence-electron chi connectivity index (χ3n) is 3.86. The Balaban J connectivity index is 2.10. The first-order valence-electron chi connectivity index (χ1n) is 7.23. The first-order chi connectivity index (χ1) is 9.63. The molecule has 2 aliphatic rings. The molecule has 1 saturated heterocycles. The van der Waals surface area contributed by atoms with Crippen molar-refractivity contribution in [3.63, 3.8) is 0 Å². The summed E-state index contributed by atoms with van der Waals surface area (Å²) in [4.78, 5) is 23.9. The average Bonchev–Trinajstić information content (AvgIpc) is 2.99. The Morgan fingerprint density at radius 2 is 1.80 bits per heavy atom. The van der Waals surface area contributed by atoms with Gasteiger partial charge in [-0.2, -0.15) is 0 Å². The maximum Gasteiger partial charge on any atom is 0.314 e. The number of hydrogen-bond acceptors (Lipinski definition) is 6. The highest BCUT2D eigenvalue weighted by Gasteiger charge is 2.57. The molecule has 2 atom stereocenters. The van der Waals surface area contributed by atoms with Crippen molar-refractivity contribution in [2.75, 3.05) is 26.4 Å². The summed E-state index contributed by atoms with van der Waals surface area (Å²) in [6.45, 7) is 5.12. The number of ether oxygens (including phenoxy) is 4. The molecule has 0 aromatic heterocycles. The first-order valence-corrected chi connectivity index (χ1v) is 7.23. The fourth-order valence-corrected chi connectivity index (χ4v) is 3.12. The average molecular weight is 286 g/mol. The van der Waals surface area contributed by atoms with Gasteiger partial charge in [0.25, 0.3) is 0 Å². The topological polar surface area (TPSA) is 71.1 Å². The van der Waals surface area contributed by atoms with E-state index in [1.165, 1.54) is 0 Å². The maximum atomic E-state index is 12.2. The molecule has 1 aliphatic carbocycles. The molecule has 2 rings (SSSR count). The lowest BCUT2D eigenvalue weighted by atomic mass is 9.90. The predicted octanol–water partition coefficient (Wildman–Crippen LogP) is 1.27. The molecular formula is C14H22O6. The number of carbonyl (C=O) groups is 2. The van der Waals surface area contributed by atoms with Crippen molar-refractivity contribution >= 4 is 11.9 Å². The Bertz CT molecular complexity index is 361. The minimum atomic E-state index is -0.899. The maximum absolute atomic E-state index is 12.2. The van der Waals surface area contributed by atoms with Crippen molar-refractivity contribution in [2.24, 2.45) is 11.8 Å². The molecule has 1 spiro atoms. The molecule has 0 bridgehead atoms. The van der Waals surface area contributed by atoms with Gasteiger partial charge in [-0.15, -0.1) is 0 Å². The molecule has 114 valence electrons. The van der Waals surface area contributed by atoms with Crippen LogP contribution in [-0.4, -0.2) is 44.2 Å². The summed E-state index contributed by atoms with van der Waals surface area (Å²) in [6, 6.07) is 0. The monoisotopic (exact) mass is 286 g/mol. The molecular weight excluding hydrogens is 264 g/mol. The fourth-order valence-electron chi connectivity index (χ4n) is 3.12. The van der Waals surface area contributed by atoms with Crippen LogP contribution in [0.2, 0.25) is 0 Å². The van der Waals surface area contributed by atoms with E-state index in [9.17, 15) is 9.59 Å². The van der Waals surface area contributed by atoms with Crippen LogP contribution in [0.4, 0.5) is 0 Å². The Kier molecular flexibility index (Phi) is 4.99. The van der Waals surface area contributed by atoms with Gasteiger partial charge in [0.1, 0.15) is 5.92 Å². The van der Waals surface area contributed by atoms with Gasteiger partial charge in [-0.25, -0.2) is 0 Å². The molecule has 1 aliphatic heterocycles. The van der Waals surface area contributed by atoms with Crippen LogP contribution in [0.15, 0.2) is 0 Å². The van der Waals surface area contributed by atoms with Crippen LogP contribution in [0.1, 0.15) is 33.1 Å². The van der Waals surface area contributed by atoms with Crippen LogP contribution in [0.5, 0.6) is 0 Å². The third-order valence-corrected chi connectivity index (χ3v) is 3.86. The van der Waals surface area contributed by atoms with Crippen LogP contribution < -0.4 is 0 Å². The van der Waals surface area contributed by atoms with E-state index >= 15 is 0 Å². The van der Waals surface area contributed by atoms with E-state index in [1.807, 2.05) is 0 Å². The van der Waals surface area contributed by atoms with Crippen molar-refractivity contribution in [3.05, 3.63) is 0 Å². The number of carbonyl (C=O) groups excluding carboxylic acids is 2. The molecule has 1 heterocycles. The Morgan fingerprint density at radius 3 is 2.40 bits per heavy atom. The van der Waals surface area contributed by atoms with E-state index in [2.05, 4.69) is 0 Å². The van der Waals surface area contributed by atoms with E-state index in [0.29, 0.717) is 39.3 Å². The van der Waals surface area contributed by atoms with Gasteiger partial charge in [0.15, 0.2) is 5.79 Å². The third kappa shape index (κ3) is 2.96. The van der Waals surface area contributed by atoms with Gasteiger partial charge < -0.3 is 18.9 Å². The second kappa shape index (κ2) is 6.54. The molecule has 0 N–H and O–H groups in total. The first kappa shape index (κ1) is 15.3. The second-order valence-corrected chi connectivity index (χ2v) is 5.05. The van der Waals surface area contributed by atoms with Crippen LogP contribution in [0.3, 0.4) is 0 Å². The number of esters is 2. The predicted molar refractivity (Wildman–Crippen MR) is 68.7 cm³/mol. The molecule has 6 heteroatoms. The summed E-state index contributed by atoms with van der Waals surface area (Å²) in [5.41, 5.74) is 0. The van der Waals surface area contributed by atoms with Crippen molar-refractivity contribution < 1.29 is 28.5 Å². The number of hydrogen-bond donors (Lipinski definition) is 0. The zero-order chi connectivity index (χ0) is 14.6. The summed E-state index contributed by atoms with van der Waals surface area (Å²) < 4.78 is 21.5. The quantitative estimate of drug-likeness (QED) is 0.709. The number of rotatable bonds is 5. The van der Waals surface area contributed by atoms with Crippen LogP contribution in [0.25, 0.3) is 0 Å². The molecule has 1 saturated carbocycles. The van der Waals surface area contributed by atoms with Gasteiger partial charge >= 0.3 is 11.9 Å². The van der Waals surface area contributed by atoms with E-state index in [4.69, 9.17) is 18.9 Å². The van der Waals surface area contributed by atoms with Crippen LogP contribution in [-0.2, 0) is 28.5 Å². The lowest BCUT2D eigenvalue weighted by Gasteiger charge is -2.30. The van der Waals surface area contributed by atoms with Gasteiger partial charge in [-0.1, -0.05) is 0 Å². The molecule has 0 aromatic rings. The molecule has 2 fully saturated rings. The minimum absolute atomic E-state index is 0.147. The summed E-state index contributed by atoms with van der Waals surface area (Å²) in [5, 5.41) is 0. The zero-order valence-corrected chi connectivity index (χ0v) is 12.1.